The minimum atomic E-state index is 0.444. The lowest BCUT2D eigenvalue weighted by molar-refractivity contribution is 0.195. The summed E-state index contributed by atoms with van der Waals surface area (Å²) in [6, 6.07) is 4.82. The van der Waals surface area contributed by atoms with E-state index >= 15 is 0 Å². The third-order valence-electron chi connectivity index (χ3n) is 3.96. The minimum absolute atomic E-state index is 0.444. The number of aliphatic imine (C=N–C) groups is 1. The highest BCUT2D eigenvalue weighted by Gasteiger charge is 2.24. The number of ether oxygens (including phenoxy) is 1. The van der Waals surface area contributed by atoms with Crippen molar-refractivity contribution in [3.63, 3.8) is 0 Å². The zero-order valence-electron chi connectivity index (χ0n) is 13.7. The van der Waals surface area contributed by atoms with Gasteiger partial charge in [0.2, 0.25) is 0 Å². The highest BCUT2D eigenvalue weighted by atomic mass is 32.1. The summed E-state index contributed by atoms with van der Waals surface area (Å²) >= 11 is 1.84. The molecule has 0 radical (unpaired) electrons. The Morgan fingerprint density at radius 1 is 1.41 bits per heavy atom. The average Bonchev–Trinajstić information content (AvgIpc) is 3.23. The van der Waals surface area contributed by atoms with Crippen LogP contribution in [0.2, 0.25) is 0 Å². The molecule has 0 bridgehead atoms. The van der Waals surface area contributed by atoms with Crippen LogP contribution in [0.3, 0.4) is 0 Å². The second-order valence-corrected chi connectivity index (χ2v) is 6.48. The van der Waals surface area contributed by atoms with E-state index in [-0.39, 0.29) is 0 Å². The van der Waals surface area contributed by atoms with Gasteiger partial charge in [0.25, 0.3) is 0 Å². The van der Waals surface area contributed by atoms with Gasteiger partial charge in [-0.2, -0.15) is 0 Å². The number of methoxy groups -OCH3 is 1. The number of hydrogen-bond donors (Lipinski definition) is 2. The van der Waals surface area contributed by atoms with Crippen LogP contribution < -0.4 is 10.6 Å². The monoisotopic (exact) mass is 324 g/mol. The van der Waals surface area contributed by atoms with E-state index < -0.39 is 0 Å². The van der Waals surface area contributed by atoms with Crippen LogP contribution in [0.5, 0.6) is 0 Å². The fraction of sp³-hybridized carbons (Fsp3) is 0.688. The first-order valence-corrected chi connectivity index (χ1v) is 8.94. The quantitative estimate of drug-likeness (QED) is 0.437. The van der Waals surface area contributed by atoms with Crippen LogP contribution in [0.15, 0.2) is 22.5 Å². The summed E-state index contributed by atoms with van der Waals surface area (Å²) < 4.78 is 5.07. The van der Waals surface area contributed by atoms with E-state index in [2.05, 4.69) is 38.0 Å². The third kappa shape index (κ3) is 5.26. The van der Waals surface area contributed by atoms with Gasteiger partial charge >= 0.3 is 0 Å². The molecule has 1 aliphatic heterocycles. The number of hydrogen-bond acceptors (Lipinski definition) is 4. The van der Waals surface area contributed by atoms with E-state index in [1.54, 1.807) is 7.11 Å². The van der Waals surface area contributed by atoms with Crippen molar-refractivity contribution < 1.29 is 4.74 Å². The summed E-state index contributed by atoms with van der Waals surface area (Å²) in [5, 5.41) is 8.98. The van der Waals surface area contributed by atoms with Crippen molar-refractivity contribution >= 4 is 17.3 Å². The van der Waals surface area contributed by atoms with Gasteiger partial charge < -0.3 is 15.4 Å². The predicted molar refractivity (Wildman–Crippen MR) is 93.7 cm³/mol. The molecule has 0 spiro atoms. The molecule has 1 aromatic heterocycles. The molecule has 6 heteroatoms. The smallest absolute Gasteiger partial charge is 0.191 e. The van der Waals surface area contributed by atoms with E-state index in [9.17, 15) is 0 Å². The Hall–Kier alpha value is -1.11. The Morgan fingerprint density at radius 2 is 2.23 bits per heavy atom. The van der Waals surface area contributed by atoms with Crippen LogP contribution in [-0.2, 0) is 4.74 Å². The summed E-state index contributed by atoms with van der Waals surface area (Å²) in [4.78, 5) is 8.32. The third-order valence-corrected chi connectivity index (χ3v) is 4.93. The molecule has 0 aliphatic carbocycles. The van der Waals surface area contributed by atoms with Gasteiger partial charge in [0.15, 0.2) is 5.96 Å². The largest absolute Gasteiger partial charge is 0.385 e. The van der Waals surface area contributed by atoms with Crippen molar-refractivity contribution in [3.8, 4) is 0 Å². The molecule has 1 unspecified atom stereocenters. The van der Waals surface area contributed by atoms with E-state index in [1.165, 1.54) is 30.8 Å². The maximum Gasteiger partial charge on any atom is 0.191 e. The standard InChI is InChI=1S/C16H28N4OS/c1-17-16(18-8-6-11-21-2)19-13-14(15-7-5-12-22-15)20-9-3-4-10-20/h5,7,12,14H,3-4,6,8-11,13H2,1-2H3,(H2,17,18,19). The molecular weight excluding hydrogens is 296 g/mol. The summed E-state index contributed by atoms with van der Waals surface area (Å²) in [6.07, 6.45) is 3.61. The highest BCUT2D eigenvalue weighted by Crippen LogP contribution is 2.27. The molecule has 1 fully saturated rings. The molecule has 0 saturated carbocycles. The second kappa shape index (κ2) is 9.82. The number of rotatable bonds is 8. The van der Waals surface area contributed by atoms with Crippen LogP contribution >= 0.6 is 11.3 Å². The van der Waals surface area contributed by atoms with Crippen molar-refractivity contribution in [1.29, 1.82) is 0 Å². The summed E-state index contributed by atoms with van der Waals surface area (Å²) in [5.74, 6) is 0.872. The fourth-order valence-corrected chi connectivity index (χ4v) is 3.64. The Kier molecular flexibility index (Phi) is 7.70. The molecule has 22 heavy (non-hydrogen) atoms. The van der Waals surface area contributed by atoms with Gasteiger partial charge in [-0.05, 0) is 43.8 Å². The van der Waals surface area contributed by atoms with Crippen molar-refractivity contribution in [1.82, 2.24) is 15.5 Å². The van der Waals surface area contributed by atoms with E-state index in [4.69, 9.17) is 4.74 Å². The first-order valence-electron chi connectivity index (χ1n) is 8.06. The van der Waals surface area contributed by atoms with Gasteiger partial charge in [-0.1, -0.05) is 6.07 Å². The molecule has 2 rings (SSSR count). The van der Waals surface area contributed by atoms with Crippen LogP contribution in [0.4, 0.5) is 0 Å². The Morgan fingerprint density at radius 3 is 2.86 bits per heavy atom. The Bertz CT molecular complexity index is 429. The van der Waals surface area contributed by atoms with Crippen molar-refractivity contribution in [2.75, 3.05) is 46.9 Å². The molecular formula is C16H28N4OS. The topological polar surface area (TPSA) is 48.9 Å². The molecule has 2 heterocycles. The molecule has 124 valence electrons. The summed E-state index contributed by atoms with van der Waals surface area (Å²) in [6.45, 7) is 4.94. The number of nitrogens with zero attached hydrogens (tertiary/aromatic N) is 2. The molecule has 0 amide bonds. The minimum Gasteiger partial charge on any atom is -0.385 e. The number of nitrogens with one attached hydrogen (secondary N) is 2. The molecule has 1 atom stereocenters. The molecule has 1 aliphatic rings. The maximum absolute atomic E-state index is 5.07. The molecule has 1 saturated heterocycles. The first kappa shape index (κ1) is 17.2. The number of guanidine groups is 1. The lowest BCUT2D eigenvalue weighted by atomic mass is 10.2. The molecule has 1 aromatic rings. The second-order valence-electron chi connectivity index (χ2n) is 5.50. The van der Waals surface area contributed by atoms with Gasteiger partial charge in [0, 0.05) is 38.7 Å². The van der Waals surface area contributed by atoms with Crippen LogP contribution in [0.25, 0.3) is 0 Å². The van der Waals surface area contributed by atoms with E-state index in [0.717, 1.165) is 32.1 Å². The van der Waals surface area contributed by atoms with Gasteiger partial charge in [0.05, 0.1) is 6.04 Å². The Balaban J connectivity index is 1.84. The molecule has 0 aromatic carbocycles. The normalized spacial score (nSPS) is 17.6. The van der Waals surface area contributed by atoms with E-state index in [1.807, 2.05) is 18.4 Å². The average molecular weight is 324 g/mol. The van der Waals surface area contributed by atoms with Gasteiger partial charge in [-0.25, -0.2) is 0 Å². The van der Waals surface area contributed by atoms with Crippen molar-refractivity contribution in [2.45, 2.75) is 25.3 Å². The zero-order chi connectivity index (χ0) is 15.6. The molecule has 2 N–H and O–H groups in total. The molecule has 5 nitrogen and oxygen atoms in total. The summed E-state index contributed by atoms with van der Waals surface area (Å²) in [5.41, 5.74) is 0. The lowest BCUT2D eigenvalue weighted by Crippen LogP contribution is -2.42. The first-order chi connectivity index (χ1) is 10.8. The van der Waals surface area contributed by atoms with Gasteiger partial charge in [0.1, 0.15) is 0 Å². The van der Waals surface area contributed by atoms with Crippen molar-refractivity contribution in [2.24, 2.45) is 4.99 Å². The predicted octanol–water partition coefficient (Wildman–Crippen LogP) is 2.09. The van der Waals surface area contributed by atoms with Crippen LogP contribution in [0, 0.1) is 0 Å². The lowest BCUT2D eigenvalue weighted by Gasteiger charge is -2.27. The van der Waals surface area contributed by atoms with Crippen molar-refractivity contribution in [3.05, 3.63) is 22.4 Å². The van der Waals surface area contributed by atoms with E-state index in [0.29, 0.717) is 6.04 Å². The summed E-state index contributed by atoms with van der Waals surface area (Å²) in [7, 11) is 3.55. The number of thiophene rings is 1. The number of likely N-dealkylation sites (tertiary alicyclic amines) is 1. The van der Waals surface area contributed by atoms with Crippen LogP contribution in [-0.4, -0.2) is 57.8 Å². The zero-order valence-corrected chi connectivity index (χ0v) is 14.5. The van der Waals surface area contributed by atoms with Gasteiger partial charge in [-0.15, -0.1) is 11.3 Å². The van der Waals surface area contributed by atoms with Crippen LogP contribution in [0.1, 0.15) is 30.2 Å². The Labute approximate surface area is 137 Å². The SMILES string of the molecule is CN=C(NCCCOC)NCC(c1cccs1)N1CCCC1. The fourth-order valence-electron chi connectivity index (χ4n) is 2.78. The maximum atomic E-state index is 5.07. The highest BCUT2D eigenvalue weighted by molar-refractivity contribution is 7.10. The van der Waals surface area contributed by atoms with Gasteiger partial charge in [-0.3, -0.25) is 9.89 Å².